The van der Waals surface area contributed by atoms with Gasteiger partial charge in [0.1, 0.15) is 0 Å². The molecule has 0 aromatic carbocycles. The molecule has 0 amide bonds. The molecule has 0 unspecified atom stereocenters. The average Bonchev–Trinajstić information content (AvgIpc) is 2.47. The molecule has 0 saturated carbocycles. The van der Waals surface area contributed by atoms with Crippen molar-refractivity contribution in [3.8, 4) is 0 Å². The van der Waals surface area contributed by atoms with Crippen molar-refractivity contribution >= 4 is 18.2 Å². The molecule has 0 aromatic heterocycles. The maximum Gasteiger partial charge on any atom is 0.235 e. The van der Waals surface area contributed by atoms with Gasteiger partial charge in [0.2, 0.25) is 9.84 Å². The van der Waals surface area contributed by atoms with Crippen molar-refractivity contribution < 1.29 is 0 Å². The largest absolute Gasteiger partial charge is 0.340 e. The van der Waals surface area contributed by atoms with Gasteiger partial charge < -0.3 is 15.4 Å². The Morgan fingerprint density at radius 2 is 1.10 bits per heavy atom. The fourth-order valence-electron chi connectivity index (χ4n) is 2.84. The molecule has 0 aliphatic rings. The average molecular weight is 330 g/mol. The van der Waals surface area contributed by atoms with E-state index in [9.17, 15) is 0 Å². The molecule has 0 aromatic rings. The Morgan fingerprint density at radius 3 is 1.48 bits per heavy atom. The number of unbranched alkanes of at least 4 members (excludes halogenated alkanes) is 10. The summed E-state index contributed by atoms with van der Waals surface area (Å²) < 4.78 is 3.49. The van der Waals surface area contributed by atoms with Gasteiger partial charge in [-0.15, -0.1) is 0 Å². The van der Waals surface area contributed by atoms with Crippen LogP contribution in [0.25, 0.3) is 0 Å². The summed E-state index contributed by atoms with van der Waals surface area (Å²) in [4.78, 5) is 0. The van der Waals surface area contributed by atoms with Crippen LogP contribution >= 0.6 is 0 Å². The fourth-order valence-corrected chi connectivity index (χ4v) is 7.00. The molecule has 2 radical (unpaired) electrons. The van der Waals surface area contributed by atoms with Gasteiger partial charge in [-0.25, -0.2) is 0 Å². The topological polar surface area (TPSA) is 64.1 Å². The van der Waals surface area contributed by atoms with E-state index in [4.69, 9.17) is 10.8 Å². The molecule has 0 saturated heterocycles. The van der Waals surface area contributed by atoms with Crippen LogP contribution in [0.15, 0.2) is 0 Å². The highest BCUT2D eigenvalue weighted by Gasteiger charge is 2.26. The van der Waals surface area contributed by atoms with Gasteiger partial charge in [0.15, 0.2) is 8.40 Å². The van der Waals surface area contributed by atoms with Crippen molar-refractivity contribution in [1.29, 1.82) is 0 Å². The molecule has 0 atom stereocenters. The van der Waals surface area contributed by atoms with Crippen molar-refractivity contribution in [3.63, 3.8) is 0 Å². The van der Waals surface area contributed by atoms with Crippen LogP contribution < -0.4 is 15.4 Å². The van der Waals surface area contributed by atoms with Crippen molar-refractivity contribution in [2.75, 3.05) is 0 Å². The molecule has 5 heteroatoms. The lowest BCUT2D eigenvalue weighted by Gasteiger charge is -2.27. The minimum absolute atomic E-state index is 0.320. The number of hydrogen-bond donors (Lipinski definition) is 3. The van der Waals surface area contributed by atoms with E-state index in [1.807, 2.05) is 0 Å². The molecule has 0 spiro atoms. The number of nitrogens with one attached hydrogen (secondary N) is 1. The Labute approximate surface area is 137 Å². The molecule has 0 heterocycles. The summed E-state index contributed by atoms with van der Waals surface area (Å²) in [7, 11) is -1.43. The zero-order chi connectivity index (χ0) is 15.8. The molecule has 0 rings (SSSR count). The monoisotopic (exact) mass is 329 g/mol. The summed E-state index contributed by atoms with van der Waals surface area (Å²) >= 11 is 0. The molecule has 21 heavy (non-hydrogen) atoms. The second-order valence-corrected chi connectivity index (χ2v) is 11.1. The van der Waals surface area contributed by atoms with Crippen molar-refractivity contribution in [1.82, 2.24) is 4.65 Å². The second kappa shape index (κ2) is 15.2. The second-order valence-electron chi connectivity index (χ2n) is 6.46. The Bertz CT molecular complexity index is 200. The highest BCUT2D eigenvalue weighted by atomic mass is 28.4. The van der Waals surface area contributed by atoms with E-state index in [2.05, 4.69) is 18.5 Å². The van der Waals surface area contributed by atoms with Gasteiger partial charge in [0.25, 0.3) is 0 Å². The SMILES string of the molecule is CCCCCCCC[Si](N)(CCCCCCCC)N[Si]N. The summed E-state index contributed by atoms with van der Waals surface area (Å²) in [5, 5.41) is 12.4. The standard InChI is InChI=1S/C16H39N3Si2/c1-3-5-7-9-11-13-15-21(18,19-20-17)16-14-12-10-8-6-4-2/h19H,3-18H2,1-2H3. The molecule has 0 bridgehead atoms. The summed E-state index contributed by atoms with van der Waals surface area (Å²) in [5.74, 6) is 0. The van der Waals surface area contributed by atoms with E-state index in [1.165, 1.54) is 89.1 Å². The van der Waals surface area contributed by atoms with Crippen LogP contribution in [0.4, 0.5) is 0 Å². The smallest absolute Gasteiger partial charge is 0.235 e. The summed E-state index contributed by atoms with van der Waals surface area (Å²) in [6, 6.07) is 2.41. The first-order valence-corrected chi connectivity index (χ1v) is 12.8. The Kier molecular flexibility index (Phi) is 15.4. The first-order valence-electron chi connectivity index (χ1n) is 9.20. The van der Waals surface area contributed by atoms with Crippen LogP contribution in [0, 0.1) is 0 Å². The molecule has 0 fully saturated rings. The molecule has 0 aliphatic carbocycles. The third kappa shape index (κ3) is 13.7. The lowest BCUT2D eigenvalue weighted by atomic mass is 10.1. The van der Waals surface area contributed by atoms with Gasteiger partial charge in [-0.1, -0.05) is 90.9 Å². The van der Waals surface area contributed by atoms with Crippen molar-refractivity contribution in [2.24, 2.45) is 10.8 Å². The molecule has 126 valence electrons. The van der Waals surface area contributed by atoms with E-state index in [-0.39, 0.29) is 0 Å². The lowest BCUT2D eigenvalue weighted by Crippen LogP contribution is -2.62. The van der Waals surface area contributed by atoms with Crippen LogP contribution in [0.2, 0.25) is 12.1 Å². The molecular formula is C16H39N3Si2. The normalized spacial score (nSPS) is 12.0. The number of nitrogens with two attached hydrogens (primary N) is 2. The lowest BCUT2D eigenvalue weighted by molar-refractivity contribution is 0.613. The van der Waals surface area contributed by atoms with Gasteiger partial charge in [-0.05, 0) is 12.1 Å². The van der Waals surface area contributed by atoms with Gasteiger partial charge in [-0.3, -0.25) is 0 Å². The maximum atomic E-state index is 6.65. The molecule has 5 N–H and O–H groups in total. The summed E-state index contributed by atoms with van der Waals surface area (Å²) in [6.07, 6.45) is 16.2. The van der Waals surface area contributed by atoms with E-state index in [1.54, 1.807) is 0 Å². The molecule has 0 aliphatic heterocycles. The van der Waals surface area contributed by atoms with Crippen LogP contribution in [0.1, 0.15) is 90.9 Å². The van der Waals surface area contributed by atoms with Crippen molar-refractivity contribution in [2.45, 2.75) is 103 Å². The van der Waals surface area contributed by atoms with E-state index in [0.717, 1.165) is 0 Å². The van der Waals surface area contributed by atoms with Crippen LogP contribution in [-0.4, -0.2) is 18.2 Å². The highest BCUT2D eigenvalue weighted by molar-refractivity contribution is 6.79. The molecular weight excluding hydrogens is 290 g/mol. The van der Waals surface area contributed by atoms with Gasteiger partial charge in [0, 0.05) is 0 Å². The van der Waals surface area contributed by atoms with E-state index in [0.29, 0.717) is 9.84 Å². The Hall–Kier alpha value is 0.314. The first-order chi connectivity index (χ1) is 10.2. The van der Waals surface area contributed by atoms with Crippen molar-refractivity contribution in [3.05, 3.63) is 0 Å². The van der Waals surface area contributed by atoms with Gasteiger partial charge in [-0.2, -0.15) is 0 Å². The third-order valence-corrected chi connectivity index (χ3v) is 9.33. The third-order valence-electron chi connectivity index (χ3n) is 4.27. The summed E-state index contributed by atoms with van der Waals surface area (Å²) in [6.45, 7) is 4.54. The Balaban J connectivity index is 3.73. The predicted molar refractivity (Wildman–Crippen MR) is 99.4 cm³/mol. The van der Waals surface area contributed by atoms with Gasteiger partial charge >= 0.3 is 0 Å². The number of hydrogen-bond acceptors (Lipinski definition) is 3. The van der Waals surface area contributed by atoms with Crippen LogP contribution in [-0.2, 0) is 0 Å². The van der Waals surface area contributed by atoms with Gasteiger partial charge in [0.05, 0.1) is 0 Å². The summed E-state index contributed by atoms with van der Waals surface area (Å²) in [5.41, 5.74) is 0. The minimum Gasteiger partial charge on any atom is -0.340 e. The van der Waals surface area contributed by atoms with E-state index >= 15 is 0 Å². The maximum absolute atomic E-state index is 6.65. The quantitative estimate of drug-likeness (QED) is 0.294. The number of rotatable bonds is 16. The zero-order valence-electron chi connectivity index (χ0n) is 14.6. The highest BCUT2D eigenvalue weighted by Crippen LogP contribution is 2.17. The molecule has 3 nitrogen and oxygen atoms in total. The fraction of sp³-hybridized carbons (Fsp3) is 1.00. The van der Waals surface area contributed by atoms with Crippen LogP contribution in [0.5, 0.6) is 0 Å². The Morgan fingerprint density at radius 1 is 0.714 bits per heavy atom. The van der Waals surface area contributed by atoms with E-state index < -0.39 is 8.40 Å². The van der Waals surface area contributed by atoms with Crippen LogP contribution in [0.3, 0.4) is 0 Å². The zero-order valence-corrected chi connectivity index (χ0v) is 16.6. The first kappa shape index (κ1) is 21.3. The predicted octanol–water partition coefficient (Wildman–Crippen LogP) is 4.19. The minimum atomic E-state index is -1.75.